The van der Waals surface area contributed by atoms with Crippen LogP contribution in [0.3, 0.4) is 0 Å². The summed E-state index contributed by atoms with van der Waals surface area (Å²) in [7, 11) is 0. The van der Waals surface area contributed by atoms with Crippen LogP contribution in [0.1, 0.15) is 17.3 Å². The minimum atomic E-state index is -0.478. The van der Waals surface area contributed by atoms with Crippen molar-refractivity contribution >= 4 is 17.6 Å². The maximum absolute atomic E-state index is 12.8. The smallest absolute Gasteiger partial charge is 0.308 e. The van der Waals surface area contributed by atoms with Gasteiger partial charge < -0.3 is 10.1 Å². The maximum Gasteiger partial charge on any atom is 0.308 e. The van der Waals surface area contributed by atoms with Gasteiger partial charge in [-0.05, 0) is 36.4 Å². The van der Waals surface area contributed by atoms with Crippen molar-refractivity contribution in [2.24, 2.45) is 0 Å². The van der Waals surface area contributed by atoms with E-state index in [-0.39, 0.29) is 5.75 Å². The van der Waals surface area contributed by atoms with Gasteiger partial charge in [-0.25, -0.2) is 4.39 Å². The number of nitrogens with one attached hydrogen (secondary N) is 1. The first-order valence-corrected chi connectivity index (χ1v) is 5.90. The van der Waals surface area contributed by atoms with Crippen molar-refractivity contribution in [3.05, 3.63) is 59.9 Å². The normalized spacial score (nSPS) is 9.90. The number of hydrogen-bond donors (Lipinski definition) is 1. The quantitative estimate of drug-likeness (QED) is 0.691. The first kappa shape index (κ1) is 13.7. The predicted octanol–water partition coefficient (Wildman–Crippen LogP) is 3.00. The lowest BCUT2D eigenvalue weighted by Crippen LogP contribution is -2.13. The Bertz CT molecular complexity index is 638. The molecule has 4 nitrogen and oxygen atoms in total. The van der Waals surface area contributed by atoms with Gasteiger partial charge in [0.05, 0.1) is 5.69 Å². The van der Waals surface area contributed by atoms with Crippen LogP contribution in [-0.4, -0.2) is 11.9 Å². The third-order valence-corrected chi connectivity index (χ3v) is 2.50. The van der Waals surface area contributed by atoms with Gasteiger partial charge in [-0.2, -0.15) is 0 Å². The van der Waals surface area contributed by atoms with Crippen LogP contribution < -0.4 is 10.1 Å². The zero-order valence-corrected chi connectivity index (χ0v) is 10.7. The van der Waals surface area contributed by atoms with Gasteiger partial charge >= 0.3 is 5.97 Å². The van der Waals surface area contributed by atoms with E-state index < -0.39 is 17.7 Å². The number of anilines is 1. The zero-order valence-electron chi connectivity index (χ0n) is 10.7. The molecule has 1 amide bonds. The summed E-state index contributed by atoms with van der Waals surface area (Å²) in [4.78, 5) is 23.0. The molecule has 0 saturated carbocycles. The van der Waals surface area contributed by atoms with E-state index in [1.807, 2.05) is 0 Å². The van der Waals surface area contributed by atoms with Crippen LogP contribution in [0.15, 0.2) is 48.5 Å². The third kappa shape index (κ3) is 3.41. The number of para-hydroxylation sites is 2. The molecule has 2 aromatic carbocycles. The van der Waals surface area contributed by atoms with E-state index in [0.717, 1.165) is 0 Å². The maximum atomic E-state index is 12.8. The van der Waals surface area contributed by atoms with Gasteiger partial charge in [0.25, 0.3) is 5.91 Å². The molecule has 2 aromatic rings. The Hall–Kier alpha value is -2.69. The van der Waals surface area contributed by atoms with Crippen molar-refractivity contribution in [3.63, 3.8) is 0 Å². The number of carbonyl (C=O) groups is 2. The Morgan fingerprint density at radius 1 is 1.05 bits per heavy atom. The summed E-state index contributed by atoms with van der Waals surface area (Å²) in [5, 5.41) is 2.61. The fraction of sp³-hybridized carbons (Fsp3) is 0.0667. The highest BCUT2D eigenvalue weighted by Gasteiger charge is 2.10. The molecule has 0 aliphatic rings. The number of halogens is 1. The molecule has 0 heterocycles. The molecule has 1 N–H and O–H groups in total. The topological polar surface area (TPSA) is 55.4 Å². The molecule has 2 rings (SSSR count). The van der Waals surface area contributed by atoms with E-state index in [2.05, 4.69) is 5.32 Å². The molecular formula is C15H12FNO3. The molecule has 5 heteroatoms. The van der Waals surface area contributed by atoms with Crippen LogP contribution in [-0.2, 0) is 4.79 Å². The summed E-state index contributed by atoms with van der Waals surface area (Å²) in [5.74, 6) is -1.05. The number of esters is 1. The molecular weight excluding hydrogens is 261 g/mol. The summed E-state index contributed by atoms with van der Waals surface area (Å²) in [6, 6.07) is 11.7. The largest absolute Gasteiger partial charge is 0.424 e. The highest BCUT2D eigenvalue weighted by molar-refractivity contribution is 6.05. The van der Waals surface area contributed by atoms with E-state index >= 15 is 0 Å². The highest BCUT2D eigenvalue weighted by atomic mass is 19.1. The standard InChI is InChI=1S/C15H12FNO3/c1-10(18)20-14-5-3-2-4-13(14)17-15(19)11-6-8-12(16)9-7-11/h2-9H,1H3,(H,17,19). The highest BCUT2D eigenvalue weighted by Crippen LogP contribution is 2.24. The van der Waals surface area contributed by atoms with E-state index in [9.17, 15) is 14.0 Å². The SMILES string of the molecule is CC(=O)Oc1ccccc1NC(=O)c1ccc(F)cc1. The summed E-state index contributed by atoms with van der Waals surface area (Å²) in [6.07, 6.45) is 0. The molecule has 0 aliphatic carbocycles. The fourth-order valence-corrected chi connectivity index (χ4v) is 1.61. The molecule has 0 bridgehead atoms. The number of amides is 1. The monoisotopic (exact) mass is 273 g/mol. The number of benzene rings is 2. The lowest BCUT2D eigenvalue weighted by molar-refractivity contribution is -0.131. The molecule has 0 saturated heterocycles. The average molecular weight is 273 g/mol. The number of carbonyl (C=O) groups excluding carboxylic acids is 2. The second-order valence-corrected chi connectivity index (χ2v) is 4.05. The van der Waals surface area contributed by atoms with Gasteiger partial charge in [-0.1, -0.05) is 12.1 Å². The molecule has 0 aromatic heterocycles. The Labute approximate surface area is 115 Å². The fourth-order valence-electron chi connectivity index (χ4n) is 1.61. The van der Waals surface area contributed by atoms with E-state index in [4.69, 9.17) is 4.74 Å². The van der Waals surface area contributed by atoms with Crippen molar-refractivity contribution in [3.8, 4) is 5.75 Å². The van der Waals surface area contributed by atoms with Crippen LogP contribution in [0.5, 0.6) is 5.75 Å². The second kappa shape index (κ2) is 5.97. The van der Waals surface area contributed by atoms with Crippen LogP contribution >= 0.6 is 0 Å². The van der Waals surface area contributed by atoms with Crippen LogP contribution in [0.4, 0.5) is 10.1 Å². The van der Waals surface area contributed by atoms with Gasteiger partial charge in [0.1, 0.15) is 5.82 Å². The Balaban J connectivity index is 2.19. The van der Waals surface area contributed by atoms with Gasteiger partial charge in [-0.15, -0.1) is 0 Å². The van der Waals surface area contributed by atoms with E-state index in [1.54, 1.807) is 24.3 Å². The molecule has 0 unspecified atom stereocenters. The average Bonchev–Trinajstić information content (AvgIpc) is 2.41. The number of ether oxygens (including phenoxy) is 1. The number of hydrogen-bond acceptors (Lipinski definition) is 3. The van der Waals surface area contributed by atoms with E-state index in [0.29, 0.717) is 11.3 Å². The molecule has 20 heavy (non-hydrogen) atoms. The van der Waals surface area contributed by atoms with Gasteiger partial charge in [0.15, 0.2) is 5.75 Å². The van der Waals surface area contributed by atoms with Crippen molar-refractivity contribution in [2.45, 2.75) is 6.92 Å². The Morgan fingerprint density at radius 2 is 1.70 bits per heavy atom. The Morgan fingerprint density at radius 3 is 2.35 bits per heavy atom. The van der Waals surface area contributed by atoms with Gasteiger partial charge in [-0.3, -0.25) is 9.59 Å². The molecule has 102 valence electrons. The molecule has 0 aliphatic heterocycles. The van der Waals surface area contributed by atoms with Crippen LogP contribution in [0.2, 0.25) is 0 Å². The Kier molecular flexibility index (Phi) is 4.10. The van der Waals surface area contributed by atoms with Crippen molar-refractivity contribution < 1.29 is 18.7 Å². The summed E-state index contributed by atoms with van der Waals surface area (Å²) in [5.41, 5.74) is 0.682. The molecule has 0 spiro atoms. The minimum Gasteiger partial charge on any atom is -0.424 e. The van der Waals surface area contributed by atoms with Crippen LogP contribution in [0, 0.1) is 5.82 Å². The first-order chi connectivity index (χ1) is 9.56. The zero-order chi connectivity index (χ0) is 14.5. The third-order valence-electron chi connectivity index (χ3n) is 2.50. The first-order valence-electron chi connectivity index (χ1n) is 5.90. The second-order valence-electron chi connectivity index (χ2n) is 4.05. The minimum absolute atomic E-state index is 0.260. The van der Waals surface area contributed by atoms with Crippen molar-refractivity contribution in [2.75, 3.05) is 5.32 Å². The molecule has 0 atom stereocenters. The van der Waals surface area contributed by atoms with Crippen molar-refractivity contribution in [1.29, 1.82) is 0 Å². The predicted molar refractivity (Wildman–Crippen MR) is 72.1 cm³/mol. The lowest BCUT2D eigenvalue weighted by atomic mass is 10.2. The van der Waals surface area contributed by atoms with Gasteiger partial charge in [0.2, 0.25) is 0 Å². The summed E-state index contributed by atoms with van der Waals surface area (Å²) >= 11 is 0. The summed E-state index contributed by atoms with van der Waals surface area (Å²) < 4.78 is 17.8. The molecule has 0 fully saturated rings. The van der Waals surface area contributed by atoms with Crippen LogP contribution in [0.25, 0.3) is 0 Å². The van der Waals surface area contributed by atoms with E-state index in [1.165, 1.54) is 31.2 Å². The molecule has 0 radical (unpaired) electrons. The lowest BCUT2D eigenvalue weighted by Gasteiger charge is -2.10. The van der Waals surface area contributed by atoms with Gasteiger partial charge in [0, 0.05) is 12.5 Å². The number of rotatable bonds is 3. The van der Waals surface area contributed by atoms with Crippen molar-refractivity contribution in [1.82, 2.24) is 0 Å². The summed E-state index contributed by atoms with van der Waals surface area (Å²) in [6.45, 7) is 1.28.